The van der Waals surface area contributed by atoms with Gasteiger partial charge in [0.1, 0.15) is 5.75 Å². The summed E-state index contributed by atoms with van der Waals surface area (Å²) in [5, 5.41) is 9.89. The number of aliphatic carboxylic acids is 1. The van der Waals surface area contributed by atoms with Crippen molar-refractivity contribution in [1.82, 2.24) is 9.88 Å². The van der Waals surface area contributed by atoms with Crippen LogP contribution in [0.5, 0.6) is 11.5 Å². The smallest absolute Gasteiger partial charge is 0.341 e. The summed E-state index contributed by atoms with van der Waals surface area (Å²) in [7, 11) is 0. The predicted octanol–water partition coefficient (Wildman–Crippen LogP) is 4.40. The summed E-state index contributed by atoms with van der Waals surface area (Å²) < 4.78 is 11.2. The summed E-state index contributed by atoms with van der Waals surface area (Å²) >= 11 is 12.4. The molecule has 3 aromatic rings. The first kappa shape index (κ1) is 22.9. The SMILES string of the molecule is O=C(O)COc1ccc(Cl)cc1C1c2ccccc2CCN1C(=O)COc1cnccc1Cl. The molecule has 1 aliphatic heterocycles. The van der Waals surface area contributed by atoms with Crippen LogP contribution in [0.4, 0.5) is 0 Å². The Balaban J connectivity index is 1.69. The Morgan fingerprint density at radius 2 is 1.82 bits per heavy atom. The molecule has 0 aliphatic carbocycles. The molecule has 1 unspecified atom stereocenters. The van der Waals surface area contributed by atoms with Crippen molar-refractivity contribution in [2.75, 3.05) is 19.8 Å². The number of carboxylic acids is 1. The van der Waals surface area contributed by atoms with Gasteiger partial charge in [0.2, 0.25) is 0 Å². The molecule has 1 N–H and O–H groups in total. The molecule has 2 heterocycles. The molecule has 0 bridgehead atoms. The van der Waals surface area contributed by atoms with Gasteiger partial charge in [0.15, 0.2) is 19.0 Å². The number of benzene rings is 2. The number of pyridine rings is 1. The number of amides is 1. The van der Waals surface area contributed by atoms with Crippen LogP contribution in [0.1, 0.15) is 22.7 Å². The highest BCUT2D eigenvalue weighted by atomic mass is 35.5. The summed E-state index contributed by atoms with van der Waals surface area (Å²) in [6, 6.07) is 13.8. The maximum absolute atomic E-state index is 13.3. The van der Waals surface area contributed by atoms with E-state index in [4.69, 9.17) is 37.8 Å². The normalized spacial score (nSPS) is 15.0. The molecule has 0 spiro atoms. The van der Waals surface area contributed by atoms with Crippen LogP contribution in [0.15, 0.2) is 60.9 Å². The van der Waals surface area contributed by atoms with E-state index in [2.05, 4.69) is 4.98 Å². The minimum Gasteiger partial charge on any atom is -0.482 e. The predicted molar refractivity (Wildman–Crippen MR) is 123 cm³/mol. The van der Waals surface area contributed by atoms with Gasteiger partial charge in [0.05, 0.1) is 17.3 Å². The molecule has 0 fully saturated rings. The van der Waals surface area contributed by atoms with E-state index in [1.54, 1.807) is 29.2 Å². The number of ether oxygens (including phenoxy) is 2. The van der Waals surface area contributed by atoms with Crippen molar-refractivity contribution in [3.8, 4) is 11.5 Å². The molecule has 1 aliphatic rings. The third-order valence-corrected chi connectivity index (χ3v) is 5.85. The molecule has 4 rings (SSSR count). The number of carbonyl (C=O) groups excluding carboxylic acids is 1. The van der Waals surface area contributed by atoms with Gasteiger partial charge in [-0.3, -0.25) is 9.78 Å². The molecule has 1 aromatic heterocycles. The van der Waals surface area contributed by atoms with E-state index in [9.17, 15) is 9.59 Å². The van der Waals surface area contributed by atoms with Crippen LogP contribution >= 0.6 is 23.2 Å². The van der Waals surface area contributed by atoms with Crippen LogP contribution in [0.25, 0.3) is 0 Å². The van der Waals surface area contributed by atoms with Crippen molar-refractivity contribution in [2.45, 2.75) is 12.5 Å². The molecule has 7 nitrogen and oxygen atoms in total. The number of carboxylic acid groups (broad SMARTS) is 1. The molecule has 170 valence electrons. The Morgan fingerprint density at radius 3 is 2.61 bits per heavy atom. The van der Waals surface area contributed by atoms with Crippen molar-refractivity contribution < 1.29 is 24.2 Å². The molecule has 2 aromatic carbocycles. The molecule has 1 amide bonds. The lowest BCUT2D eigenvalue weighted by molar-refractivity contribution is -0.139. The number of rotatable bonds is 7. The zero-order valence-corrected chi connectivity index (χ0v) is 18.9. The molecule has 33 heavy (non-hydrogen) atoms. The lowest BCUT2D eigenvalue weighted by Gasteiger charge is -2.38. The van der Waals surface area contributed by atoms with Gasteiger partial charge >= 0.3 is 5.97 Å². The summed E-state index contributed by atoms with van der Waals surface area (Å²) in [5.41, 5.74) is 2.61. The first-order valence-corrected chi connectivity index (χ1v) is 10.9. The monoisotopic (exact) mass is 486 g/mol. The van der Waals surface area contributed by atoms with Gasteiger partial charge in [-0.1, -0.05) is 47.5 Å². The van der Waals surface area contributed by atoms with Gasteiger partial charge in [0.25, 0.3) is 5.91 Å². The molecular formula is C24H20Cl2N2O5. The Hall–Kier alpha value is -3.29. The van der Waals surface area contributed by atoms with Crippen LogP contribution in [-0.4, -0.2) is 46.6 Å². The molecular weight excluding hydrogens is 467 g/mol. The largest absolute Gasteiger partial charge is 0.482 e. The summed E-state index contributed by atoms with van der Waals surface area (Å²) in [4.78, 5) is 30.1. The maximum atomic E-state index is 13.3. The first-order chi connectivity index (χ1) is 15.9. The second kappa shape index (κ2) is 10.1. The first-order valence-electron chi connectivity index (χ1n) is 10.2. The zero-order valence-electron chi connectivity index (χ0n) is 17.4. The fourth-order valence-corrected chi connectivity index (χ4v) is 4.21. The second-order valence-corrected chi connectivity index (χ2v) is 8.24. The quantitative estimate of drug-likeness (QED) is 0.532. The van der Waals surface area contributed by atoms with E-state index in [1.165, 1.54) is 12.4 Å². The Bertz CT molecular complexity index is 1190. The van der Waals surface area contributed by atoms with Gasteiger partial charge in [-0.15, -0.1) is 0 Å². The number of nitrogens with zero attached hydrogens (tertiary/aromatic N) is 2. The van der Waals surface area contributed by atoms with E-state index in [0.717, 1.165) is 11.1 Å². The van der Waals surface area contributed by atoms with E-state index in [1.807, 2.05) is 24.3 Å². The van der Waals surface area contributed by atoms with Crippen molar-refractivity contribution >= 4 is 35.1 Å². The Labute approximate surface area is 200 Å². The van der Waals surface area contributed by atoms with E-state index < -0.39 is 18.6 Å². The van der Waals surface area contributed by atoms with Crippen molar-refractivity contribution in [1.29, 1.82) is 0 Å². The van der Waals surface area contributed by atoms with Crippen LogP contribution in [0.3, 0.4) is 0 Å². The average Bonchev–Trinajstić information content (AvgIpc) is 2.81. The van der Waals surface area contributed by atoms with Crippen molar-refractivity contribution in [2.24, 2.45) is 0 Å². The number of fused-ring (bicyclic) bond motifs is 1. The fourth-order valence-electron chi connectivity index (χ4n) is 3.87. The number of halogens is 2. The second-order valence-electron chi connectivity index (χ2n) is 7.40. The molecule has 0 saturated heterocycles. The number of hydrogen-bond donors (Lipinski definition) is 1. The van der Waals surface area contributed by atoms with Gasteiger partial charge in [-0.25, -0.2) is 4.79 Å². The highest BCUT2D eigenvalue weighted by molar-refractivity contribution is 6.32. The van der Waals surface area contributed by atoms with Gasteiger partial charge in [0, 0.05) is 23.3 Å². The lowest BCUT2D eigenvalue weighted by atomic mass is 9.87. The van der Waals surface area contributed by atoms with E-state index >= 15 is 0 Å². The van der Waals surface area contributed by atoms with Crippen LogP contribution in [0, 0.1) is 0 Å². The molecule has 1 atom stereocenters. The average molecular weight is 487 g/mol. The van der Waals surface area contributed by atoms with Gasteiger partial charge < -0.3 is 19.5 Å². The summed E-state index contributed by atoms with van der Waals surface area (Å²) in [6.45, 7) is -0.314. The number of carbonyl (C=O) groups is 2. The standard InChI is InChI=1S/C24H20Cl2N2O5/c25-16-5-6-20(33-14-23(30)31)18(11-16)24-17-4-2-1-3-15(17)8-10-28(24)22(29)13-32-21-12-27-9-7-19(21)26/h1-7,9,11-12,24H,8,10,13-14H2,(H,30,31). The van der Waals surface area contributed by atoms with Crippen molar-refractivity contribution in [3.63, 3.8) is 0 Å². The van der Waals surface area contributed by atoms with Gasteiger partial charge in [-0.2, -0.15) is 0 Å². The number of hydrogen-bond acceptors (Lipinski definition) is 5. The molecule has 0 radical (unpaired) electrons. The van der Waals surface area contributed by atoms with E-state index in [0.29, 0.717) is 40.1 Å². The highest BCUT2D eigenvalue weighted by Crippen LogP contribution is 2.40. The molecule has 0 saturated carbocycles. The Morgan fingerprint density at radius 1 is 1.03 bits per heavy atom. The van der Waals surface area contributed by atoms with E-state index in [-0.39, 0.29) is 12.5 Å². The fraction of sp³-hybridized carbons (Fsp3) is 0.208. The zero-order chi connectivity index (χ0) is 23.4. The van der Waals surface area contributed by atoms with Crippen molar-refractivity contribution in [3.05, 3.63) is 87.7 Å². The third kappa shape index (κ3) is 5.21. The molecule has 9 heteroatoms. The summed E-state index contributed by atoms with van der Waals surface area (Å²) in [6.07, 6.45) is 3.65. The lowest BCUT2D eigenvalue weighted by Crippen LogP contribution is -2.43. The topological polar surface area (TPSA) is 89.0 Å². The Kier molecular flexibility index (Phi) is 7.01. The van der Waals surface area contributed by atoms with Crippen LogP contribution < -0.4 is 9.47 Å². The minimum absolute atomic E-state index is 0.240. The van der Waals surface area contributed by atoms with Crippen LogP contribution in [0.2, 0.25) is 10.0 Å². The van der Waals surface area contributed by atoms with Gasteiger partial charge in [-0.05, 0) is 41.8 Å². The maximum Gasteiger partial charge on any atom is 0.341 e. The number of aromatic nitrogens is 1. The summed E-state index contributed by atoms with van der Waals surface area (Å²) in [5.74, 6) is -0.708. The minimum atomic E-state index is -1.10. The van der Waals surface area contributed by atoms with Crippen LogP contribution in [-0.2, 0) is 16.0 Å². The third-order valence-electron chi connectivity index (χ3n) is 5.31. The highest BCUT2D eigenvalue weighted by Gasteiger charge is 2.34.